The fraction of sp³-hybridized carbons (Fsp3) is 0.263. The van der Waals surface area contributed by atoms with Crippen LogP contribution in [0.1, 0.15) is 18.9 Å². The van der Waals surface area contributed by atoms with Crippen molar-refractivity contribution in [3.63, 3.8) is 0 Å². The largest absolute Gasteiger partial charge is 0.479 e. The van der Waals surface area contributed by atoms with E-state index in [0.29, 0.717) is 22.9 Å². The van der Waals surface area contributed by atoms with Crippen LogP contribution in [0.25, 0.3) is 0 Å². The van der Waals surface area contributed by atoms with Crippen molar-refractivity contribution in [1.29, 1.82) is 0 Å². The Kier molecular flexibility index (Phi) is 6.83. The van der Waals surface area contributed by atoms with Crippen LogP contribution in [0.2, 0.25) is 5.02 Å². The number of carbonyl (C=O) groups is 2. The highest BCUT2D eigenvalue weighted by Crippen LogP contribution is 2.22. The number of benzene rings is 2. The van der Waals surface area contributed by atoms with Crippen molar-refractivity contribution in [1.82, 2.24) is 0 Å². The van der Waals surface area contributed by atoms with Gasteiger partial charge in [-0.3, -0.25) is 4.79 Å². The van der Waals surface area contributed by atoms with Crippen LogP contribution in [-0.4, -0.2) is 24.6 Å². The Hall–Kier alpha value is -2.53. The van der Waals surface area contributed by atoms with Crippen LogP contribution in [0, 0.1) is 6.92 Å². The van der Waals surface area contributed by atoms with Gasteiger partial charge in [-0.15, -0.1) is 0 Å². The van der Waals surface area contributed by atoms with Crippen molar-refractivity contribution >= 4 is 29.2 Å². The summed E-state index contributed by atoms with van der Waals surface area (Å²) in [6, 6.07) is 14.2. The number of hydrogen-bond acceptors (Lipinski definition) is 4. The quantitative estimate of drug-likeness (QED) is 0.757. The molecular formula is C19H20ClNO4. The lowest BCUT2D eigenvalue weighted by atomic mass is 10.2. The third-order valence-electron chi connectivity index (χ3n) is 3.54. The maximum Gasteiger partial charge on any atom is 0.347 e. The summed E-state index contributed by atoms with van der Waals surface area (Å²) in [6.07, 6.45) is -0.328. The van der Waals surface area contributed by atoms with Gasteiger partial charge in [0.15, 0.2) is 12.7 Å². The molecule has 0 aromatic heterocycles. The summed E-state index contributed by atoms with van der Waals surface area (Å²) in [6.45, 7) is 3.22. The molecule has 0 radical (unpaired) electrons. The predicted molar refractivity (Wildman–Crippen MR) is 96.9 cm³/mol. The van der Waals surface area contributed by atoms with Crippen molar-refractivity contribution in [2.75, 3.05) is 11.9 Å². The molecule has 0 saturated heterocycles. The van der Waals surface area contributed by atoms with Gasteiger partial charge in [0.25, 0.3) is 5.91 Å². The minimum absolute atomic E-state index is 0.389. The molecule has 2 rings (SSSR count). The molecule has 1 N–H and O–H groups in total. The molecule has 0 saturated carbocycles. The molecule has 0 aliphatic carbocycles. The van der Waals surface area contributed by atoms with E-state index in [2.05, 4.69) is 5.32 Å². The number of nitrogens with one attached hydrogen (secondary N) is 1. The lowest BCUT2D eigenvalue weighted by Gasteiger charge is -2.16. The Morgan fingerprint density at radius 1 is 1.12 bits per heavy atom. The van der Waals surface area contributed by atoms with E-state index in [0.717, 1.165) is 5.56 Å². The van der Waals surface area contributed by atoms with E-state index in [-0.39, 0.29) is 6.61 Å². The summed E-state index contributed by atoms with van der Waals surface area (Å²) in [5, 5.41) is 3.22. The second-order valence-corrected chi connectivity index (χ2v) is 5.80. The zero-order valence-electron chi connectivity index (χ0n) is 14.1. The normalized spacial score (nSPS) is 11.5. The first-order valence-electron chi connectivity index (χ1n) is 7.94. The summed E-state index contributed by atoms with van der Waals surface area (Å²) in [4.78, 5) is 24.1. The van der Waals surface area contributed by atoms with Gasteiger partial charge in [0.2, 0.25) is 0 Å². The third kappa shape index (κ3) is 5.50. The molecule has 5 nitrogen and oxygen atoms in total. The summed E-state index contributed by atoms with van der Waals surface area (Å²) in [5.41, 5.74) is 1.34. The number of anilines is 1. The monoisotopic (exact) mass is 361 g/mol. The van der Waals surface area contributed by atoms with Gasteiger partial charge in [-0.25, -0.2) is 4.79 Å². The Labute approximate surface area is 151 Å². The fourth-order valence-electron chi connectivity index (χ4n) is 2.12. The number of carbonyl (C=O) groups excluding carboxylic acids is 2. The molecule has 1 amide bonds. The van der Waals surface area contributed by atoms with E-state index >= 15 is 0 Å². The molecule has 0 heterocycles. The number of amides is 1. The lowest BCUT2D eigenvalue weighted by molar-refractivity contribution is -0.154. The molecule has 0 aliphatic rings. The van der Waals surface area contributed by atoms with E-state index in [1.807, 2.05) is 25.1 Å². The minimum atomic E-state index is -0.761. The summed E-state index contributed by atoms with van der Waals surface area (Å²) >= 11 is 6.01. The molecular weight excluding hydrogens is 342 g/mol. The number of ether oxygens (including phenoxy) is 2. The van der Waals surface area contributed by atoms with E-state index in [4.69, 9.17) is 21.1 Å². The number of esters is 1. The lowest BCUT2D eigenvalue weighted by Crippen LogP contribution is -2.31. The van der Waals surface area contributed by atoms with Crippen molar-refractivity contribution in [3.8, 4) is 5.75 Å². The highest BCUT2D eigenvalue weighted by Gasteiger charge is 2.21. The molecule has 25 heavy (non-hydrogen) atoms. The summed E-state index contributed by atoms with van der Waals surface area (Å²) in [7, 11) is 0. The van der Waals surface area contributed by atoms with Crippen molar-refractivity contribution < 1.29 is 19.1 Å². The van der Waals surface area contributed by atoms with Crippen LogP contribution in [0.4, 0.5) is 5.69 Å². The Balaban J connectivity index is 1.87. The second-order valence-electron chi connectivity index (χ2n) is 5.40. The van der Waals surface area contributed by atoms with Gasteiger partial charge in [-0.1, -0.05) is 42.8 Å². The zero-order valence-corrected chi connectivity index (χ0v) is 14.9. The SMILES string of the molecule is CC[C@@H](Oc1ccccc1)C(=O)OCC(=O)Nc1cccc(Cl)c1C. The molecule has 0 fully saturated rings. The second kappa shape index (κ2) is 9.08. The van der Waals surface area contributed by atoms with E-state index < -0.39 is 18.0 Å². The molecule has 0 spiro atoms. The van der Waals surface area contributed by atoms with Crippen LogP contribution in [0.5, 0.6) is 5.75 Å². The van der Waals surface area contributed by atoms with Crippen LogP contribution < -0.4 is 10.1 Å². The van der Waals surface area contributed by atoms with E-state index in [1.165, 1.54) is 0 Å². The first-order valence-corrected chi connectivity index (χ1v) is 8.32. The van der Waals surface area contributed by atoms with Crippen LogP contribution >= 0.6 is 11.6 Å². The molecule has 0 unspecified atom stereocenters. The number of rotatable bonds is 7. The Bertz CT molecular complexity index is 733. The maximum absolute atomic E-state index is 12.1. The van der Waals surface area contributed by atoms with Crippen LogP contribution in [0.3, 0.4) is 0 Å². The van der Waals surface area contributed by atoms with Gasteiger partial charge in [0.1, 0.15) is 5.75 Å². The van der Waals surface area contributed by atoms with Gasteiger partial charge in [0, 0.05) is 10.7 Å². The standard InChI is InChI=1S/C19H20ClNO4/c1-3-17(25-14-8-5-4-6-9-14)19(23)24-12-18(22)21-16-11-7-10-15(20)13(16)2/h4-11,17H,3,12H2,1-2H3,(H,21,22)/t17-/m1/s1. The first-order chi connectivity index (χ1) is 12.0. The van der Waals surface area contributed by atoms with Gasteiger partial charge in [0.05, 0.1) is 0 Å². The van der Waals surface area contributed by atoms with E-state index in [9.17, 15) is 9.59 Å². The smallest absolute Gasteiger partial charge is 0.347 e. The van der Waals surface area contributed by atoms with Crippen molar-refractivity contribution in [2.24, 2.45) is 0 Å². The Morgan fingerprint density at radius 2 is 1.84 bits per heavy atom. The molecule has 0 bridgehead atoms. The Morgan fingerprint density at radius 3 is 2.52 bits per heavy atom. The highest BCUT2D eigenvalue weighted by molar-refractivity contribution is 6.31. The summed E-state index contributed by atoms with van der Waals surface area (Å²) in [5.74, 6) is -0.442. The third-order valence-corrected chi connectivity index (χ3v) is 3.95. The average Bonchev–Trinajstić information content (AvgIpc) is 2.62. The number of hydrogen-bond donors (Lipinski definition) is 1. The van der Waals surface area contributed by atoms with Gasteiger partial charge >= 0.3 is 5.97 Å². The minimum Gasteiger partial charge on any atom is -0.479 e. The predicted octanol–water partition coefficient (Wildman–Crippen LogP) is 3.99. The molecule has 2 aromatic rings. The molecule has 2 aromatic carbocycles. The van der Waals surface area contributed by atoms with Gasteiger partial charge in [-0.2, -0.15) is 0 Å². The van der Waals surface area contributed by atoms with E-state index in [1.54, 1.807) is 37.3 Å². The average molecular weight is 362 g/mol. The molecule has 0 aliphatic heterocycles. The van der Waals surface area contributed by atoms with Gasteiger partial charge in [-0.05, 0) is 43.2 Å². The number of para-hydroxylation sites is 1. The summed E-state index contributed by atoms with van der Waals surface area (Å²) < 4.78 is 10.6. The molecule has 6 heteroatoms. The van der Waals surface area contributed by atoms with Crippen molar-refractivity contribution in [2.45, 2.75) is 26.4 Å². The maximum atomic E-state index is 12.1. The first kappa shape index (κ1) is 18.8. The number of halogens is 1. The molecule has 132 valence electrons. The van der Waals surface area contributed by atoms with Crippen molar-refractivity contribution in [3.05, 3.63) is 59.1 Å². The topological polar surface area (TPSA) is 64.6 Å². The fourth-order valence-corrected chi connectivity index (χ4v) is 2.29. The highest BCUT2D eigenvalue weighted by atomic mass is 35.5. The zero-order chi connectivity index (χ0) is 18.2. The van der Waals surface area contributed by atoms with Crippen LogP contribution in [0.15, 0.2) is 48.5 Å². The van der Waals surface area contributed by atoms with Gasteiger partial charge < -0.3 is 14.8 Å². The molecule has 1 atom stereocenters. The van der Waals surface area contributed by atoms with Crippen LogP contribution in [-0.2, 0) is 14.3 Å².